The van der Waals surface area contributed by atoms with Crippen molar-refractivity contribution < 1.29 is 9.90 Å². The van der Waals surface area contributed by atoms with E-state index in [1.54, 1.807) is 11.9 Å². The van der Waals surface area contributed by atoms with Gasteiger partial charge in [-0.1, -0.05) is 13.0 Å². The molecular formula is C14H21NO2. The lowest BCUT2D eigenvalue weighted by Gasteiger charge is -2.22. The lowest BCUT2D eigenvalue weighted by Crippen LogP contribution is -2.34. The van der Waals surface area contributed by atoms with Crippen molar-refractivity contribution in [2.75, 3.05) is 18.6 Å². The molecule has 3 heteroatoms. The first kappa shape index (κ1) is 13.7. The first-order valence-electron chi connectivity index (χ1n) is 5.97. The van der Waals surface area contributed by atoms with Gasteiger partial charge in [-0.3, -0.25) is 4.79 Å². The number of carbonyl (C=O) groups is 1. The van der Waals surface area contributed by atoms with Crippen LogP contribution in [0.15, 0.2) is 18.2 Å². The summed E-state index contributed by atoms with van der Waals surface area (Å²) in [5, 5.41) is 9.14. The number of carbonyl (C=O) groups excluding carboxylic acids is 1. The van der Waals surface area contributed by atoms with Crippen molar-refractivity contribution in [1.82, 2.24) is 0 Å². The maximum absolute atomic E-state index is 12.1. The standard InChI is InChI=1S/C14H21NO2/c1-5-12(9-16)14(17)15(4)13-7-6-10(2)11(3)8-13/h6-8,12,16H,5,9H2,1-4H3. The highest BCUT2D eigenvalue weighted by Gasteiger charge is 2.20. The van der Waals surface area contributed by atoms with Gasteiger partial charge in [0.25, 0.3) is 0 Å². The molecule has 17 heavy (non-hydrogen) atoms. The zero-order chi connectivity index (χ0) is 13.0. The Morgan fingerprint density at radius 2 is 2.00 bits per heavy atom. The van der Waals surface area contributed by atoms with E-state index in [0.29, 0.717) is 6.42 Å². The van der Waals surface area contributed by atoms with Crippen molar-refractivity contribution >= 4 is 11.6 Å². The molecule has 0 aliphatic rings. The van der Waals surface area contributed by atoms with E-state index < -0.39 is 0 Å². The van der Waals surface area contributed by atoms with Gasteiger partial charge in [-0.15, -0.1) is 0 Å². The van der Waals surface area contributed by atoms with Gasteiger partial charge in [-0.05, 0) is 43.5 Å². The third kappa shape index (κ3) is 3.07. The molecule has 3 nitrogen and oxygen atoms in total. The van der Waals surface area contributed by atoms with Gasteiger partial charge in [0.2, 0.25) is 5.91 Å². The number of nitrogens with zero attached hydrogens (tertiary/aromatic N) is 1. The van der Waals surface area contributed by atoms with E-state index in [4.69, 9.17) is 5.11 Å². The second kappa shape index (κ2) is 5.82. The van der Waals surface area contributed by atoms with E-state index in [2.05, 4.69) is 0 Å². The molecular weight excluding hydrogens is 214 g/mol. The zero-order valence-corrected chi connectivity index (χ0v) is 11.0. The lowest BCUT2D eigenvalue weighted by molar-refractivity contribution is -0.123. The molecule has 0 heterocycles. The van der Waals surface area contributed by atoms with Crippen LogP contribution in [-0.2, 0) is 4.79 Å². The minimum Gasteiger partial charge on any atom is -0.396 e. The van der Waals surface area contributed by atoms with E-state index in [9.17, 15) is 4.79 Å². The fourth-order valence-corrected chi connectivity index (χ4v) is 1.72. The predicted octanol–water partition coefficient (Wildman–Crippen LogP) is 2.28. The number of rotatable bonds is 4. The van der Waals surface area contributed by atoms with Crippen LogP contribution in [0.3, 0.4) is 0 Å². The Bertz CT molecular complexity index is 397. The Balaban J connectivity index is 2.92. The summed E-state index contributed by atoms with van der Waals surface area (Å²) in [6.07, 6.45) is 0.657. The van der Waals surface area contributed by atoms with E-state index in [1.807, 2.05) is 39.0 Å². The van der Waals surface area contributed by atoms with Gasteiger partial charge in [0, 0.05) is 12.7 Å². The molecule has 0 saturated carbocycles. The highest BCUT2D eigenvalue weighted by atomic mass is 16.3. The Hall–Kier alpha value is -1.35. The molecule has 1 N–H and O–H groups in total. The third-order valence-corrected chi connectivity index (χ3v) is 3.27. The Kier molecular flexibility index (Phi) is 4.70. The van der Waals surface area contributed by atoms with Gasteiger partial charge in [-0.2, -0.15) is 0 Å². The van der Waals surface area contributed by atoms with E-state index in [1.165, 1.54) is 11.1 Å². The van der Waals surface area contributed by atoms with Gasteiger partial charge in [0.15, 0.2) is 0 Å². The van der Waals surface area contributed by atoms with Crippen LogP contribution in [0.1, 0.15) is 24.5 Å². The Morgan fingerprint density at radius 1 is 1.35 bits per heavy atom. The average molecular weight is 235 g/mol. The summed E-state index contributed by atoms with van der Waals surface area (Å²) in [6, 6.07) is 5.94. The number of aryl methyl sites for hydroxylation is 2. The molecule has 1 unspecified atom stereocenters. The SMILES string of the molecule is CCC(CO)C(=O)N(C)c1ccc(C)c(C)c1. The molecule has 1 aromatic carbocycles. The van der Waals surface area contributed by atoms with E-state index in [-0.39, 0.29) is 18.4 Å². The largest absolute Gasteiger partial charge is 0.396 e. The second-order valence-corrected chi connectivity index (χ2v) is 4.45. The summed E-state index contributed by atoms with van der Waals surface area (Å²) in [4.78, 5) is 13.7. The van der Waals surface area contributed by atoms with E-state index in [0.717, 1.165) is 5.69 Å². The Morgan fingerprint density at radius 3 is 2.47 bits per heavy atom. The summed E-state index contributed by atoms with van der Waals surface area (Å²) < 4.78 is 0. The Labute approximate surface area is 103 Å². The van der Waals surface area contributed by atoms with Crippen molar-refractivity contribution in [3.8, 4) is 0 Å². The van der Waals surface area contributed by atoms with Crippen LogP contribution in [0.2, 0.25) is 0 Å². The van der Waals surface area contributed by atoms with Gasteiger partial charge in [0.1, 0.15) is 0 Å². The molecule has 1 atom stereocenters. The minimum atomic E-state index is -0.304. The molecule has 0 spiro atoms. The number of benzene rings is 1. The normalized spacial score (nSPS) is 12.3. The van der Waals surface area contributed by atoms with Crippen molar-refractivity contribution in [3.63, 3.8) is 0 Å². The van der Waals surface area contributed by atoms with Crippen molar-refractivity contribution in [3.05, 3.63) is 29.3 Å². The minimum absolute atomic E-state index is 0.0294. The van der Waals surface area contributed by atoms with Crippen molar-refractivity contribution in [2.45, 2.75) is 27.2 Å². The average Bonchev–Trinajstić information content (AvgIpc) is 2.33. The van der Waals surface area contributed by atoms with Crippen LogP contribution in [-0.4, -0.2) is 24.7 Å². The lowest BCUT2D eigenvalue weighted by atomic mass is 10.0. The molecule has 0 bridgehead atoms. The molecule has 1 aromatic rings. The quantitative estimate of drug-likeness (QED) is 0.869. The number of hydrogen-bond donors (Lipinski definition) is 1. The summed E-state index contributed by atoms with van der Waals surface area (Å²) >= 11 is 0. The van der Waals surface area contributed by atoms with Crippen LogP contribution in [0, 0.1) is 19.8 Å². The fourth-order valence-electron chi connectivity index (χ4n) is 1.72. The summed E-state index contributed by atoms with van der Waals surface area (Å²) in [5.74, 6) is -0.333. The third-order valence-electron chi connectivity index (χ3n) is 3.27. The molecule has 0 aliphatic heterocycles. The molecule has 0 aliphatic carbocycles. The van der Waals surface area contributed by atoms with Crippen molar-refractivity contribution in [2.24, 2.45) is 5.92 Å². The highest BCUT2D eigenvalue weighted by Crippen LogP contribution is 2.20. The van der Waals surface area contributed by atoms with Crippen LogP contribution < -0.4 is 4.90 Å². The molecule has 1 amide bonds. The van der Waals surface area contributed by atoms with Gasteiger partial charge < -0.3 is 10.0 Å². The number of amides is 1. The predicted molar refractivity (Wildman–Crippen MR) is 70.2 cm³/mol. The molecule has 1 rings (SSSR count). The first-order valence-corrected chi connectivity index (χ1v) is 5.97. The first-order chi connectivity index (χ1) is 8.01. The maximum Gasteiger partial charge on any atom is 0.232 e. The fraction of sp³-hybridized carbons (Fsp3) is 0.500. The summed E-state index contributed by atoms with van der Waals surface area (Å²) in [6.45, 7) is 5.89. The number of hydrogen-bond acceptors (Lipinski definition) is 2. The highest BCUT2D eigenvalue weighted by molar-refractivity contribution is 5.94. The van der Waals surface area contributed by atoms with Gasteiger partial charge in [0.05, 0.1) is 12.5 Å². The molecule has 0 fully saturated rings. The van der Waals surface area contributed by atoms with Gasteiger partial charge in [-0.25, -0.2) is 0 Å². The second-order valence-electron chi connectivity index (χ2n) is 4.45. The number of aliphatic hydroxyl groups excluding tert-OH is 1. The van der Waals surface area contributed by atoms with E-state index >= 15 is 0 Å². The maximum atomic E-state index is 12.1. The molecule has 94 valence electrons. The van der Waals surface area contributed by atoms with Gasteiger partial charge >= 0.3 is 0 Å². The van der Waals surface area contributed by atoms with Crippen LogP contribution in [0.25, 0.3) is 0 Å². The van der Waals surface area contributed by atoms with Crippen LogP contribution >= 0.6 is 0 Å². The summed E-state index contributed by atoms with van der Waals surface area (Å²) in [7, 11) is 1.75. The number of aliphatic hydroxyl groups is 1. The number of anilines is 1. The molecule has 0 saturated heterocycles. The topological polar surface area (TPSA) is 40.5 Å². The van der Waals surface area contributed by atoms with Crippen LogP contribution in [0.4, 0.5) is 5.69 Å². The molecule has 0 aromatic heterocycles. The monoisotopic (exact) mass is 235 g/mol. The van der Waals surface area contributed by atoms with Crippen LogP contribution in [0.5, 0.6) is 0 Å². The van der Waals surface area contributed by atoms with Crippen molar-refractivity contribution in [1.29, 1.82) is 0 Å². The summed E-state index contributed by atoms with van der Waals surface area (Å²) in [5.41, 5.74) is 3.26. The smallest absolute Gasteiger partial charge is 0.232 e. The molecule has 0 radical (unpaired) electrons. The zero-order valence-electron chi connectivity index (χ0n) is 11.0.